The van der Waals surface area contributed by atoms with E-state index in [1.54, 1.807) is 0 Å². The van der Waals surface area contributed by atoms with E-state index in [1.807, 2.05) is 26.0 Å². The Balaban J connectivity index is 2.49. The van der Waals surface area contributed by atoms with Crippen LogP contribution in [0.2, 0.25) is 0 Å². The molecule has 0 aromatic rings. The van der Waals surface area contributed by atoms with E-state index in [0.717, 1.165) is 25.7 Å². The lowest BCUT2D eigenvalue weighted by Crippen LogP contribution is -2.38. The van der Waals surface area contributed by atoms with E-state index in [0.29, 0.717) is 6.42 Å². The predicted octanol–water partition coefficient (Wildman–Crippen LogP) is 2.22. The van der Waals surface area contributed by atoms with Gasteiger partial charge in [-0.3, -0.25) is 9.52 Å². The van der Waals surface area contributed by atoms with E-state index < -0.39 is 10.0 Å². The van der Waals surface area contributed by atoms with Crippen molar-refractivity contribution >= 4 is 15.9 Å². The number of sulfonamides is 1. The van der Waals surface area contributed by atoms with Gasteiger partial charge in [-0.1, -0.05) is 32.4 Å². The van der Waals surface area contributed by atoms with Crippen LogP contribution in [0, 0.1) is 11.8 Å². The first-order valence-corrected chi connectivity index (χ1v) is 8.29. The van der Waals surface area contributed by atoms with Gasteiger partial charge in [-0.15, -0.1) is 0 Å². The minimum absolute atomic E-state index is 0.0368. The van der Waals surface area contributed by atoms with Crippen LogP contribution in [0.1, 0.15) is 46.0 Å². The lowest BCUT2D eigenvalue weighted by Gasteiger charge is -2.18. The van der Waals surface area contributed by atoms with Crippen LogP contribution in [-0.4, -0.2) is 20.1 Å². The molecule has 0 aromatic heterocycles. The number of amides is 1. The van der Waals surface area contributed by atoms with Crippen molar-refractivity contribution in [1.29, 1.82) is 0 Å². The normalized spacial score (nSPS) is 21.6. The molecule has 1 rings (SSSR count). The van der Waals surface area contributed by atoms with Crippen LogP contribution in [0.5, 0.6) is 0 Å². The second kappa shape index (κ2) is 6.92. The first-order valence-electron chi connectivity index (χ1n) is 6.64. The fourth-order valence-corrected chi connectivity index (χ4v) is 3.73. The van der Waals surface area contributed by atoms with Crippen LogP contribution in [0.3, 0.4) is 0 Å². The second-order valence-electron chi connectivity index (χ2n) is 5.12. The molecule has 0 saturated heterocycles. The Morgan fingerprint density at radius 1 is 1.44 bits per heavy atom. The summed E-state index contributed by atoms with van der Waals surface area (Å²) in [6.45, 7) is 3.92. The van der Waals surface area contributed by atoms with Crippen molar-refractivity contribution in [1.82, 2.24) is 4.72 Å². The Labute approximate surface area is 110 Å². The number of hydrogen-bond donors (Lipinski definition) is 1. The minimum Gasteiger partial charge on any atom is -0.274 e. The molecule has 0 aromatic carbocycles. The predicted molar refractivity (Wildman–Crippen MR) is 72.5 cm³/mol. The van der Waals surface area contributed by atoms with E-state index in [2.05, 4.69) is 4.72 Å². The van der Waals surface area contributed by atoms with Crippen LogP contribution in [0.4, 0.5) is 0 Å². The standard InChI is InChI=1S/C13H23NO3S/c1-3-7-11(2)10-18(16,17)14-13(15)12-8-5-4-6-9-12/h4-5,11-12H,3,6-10H2,1-2H3,(H,14,15)/t11-,12+/m1/s1. The lowest BCUT2D eigenvalue weighted by molar-refractivity contribution is -0.123. The Morgan fingerprint density at radius 3 is 2.72 bits per heavy atom. The molecular weight excluding hydrogens is 250 g/mol. The number of carbonyl (C=O) groups is 1. The van der Waals surface area contributed by atoms with E-state index >= 15 is 0 Å². The second-order valence-corrected chi connectivity index (χ2v) is 6.89. The minimum atomic E-state index is -3.48. The molecule has 0 heterocycles. The molecule has 1 aliphatic carbocycles. The maximum atomic E-state index is 11.8. The van der Waals surface area contributed by atoms with E-state index in [9.17, 15) is 13.2 Å². The van der Waals surface area contributed by atoms with Gasteiger partial charge in [0, 0.05) is 5.92 Å². The smallest absolute Gasteiger partial charge is 0.236 e. The molecule has 0 aliphatic heterocycles. The van der Waals surface area contributed by atoms with E-state index in [-0.39, 0.29) is 23.5 Å². The molecule has 1 N–H and O–H groups in total. The Hall–Kier alpha value is -0.840. The van der Waals surface area contributed by atoms with Gasteiger partial charge in [0.15, 0.2) is 0 Å². The highest BCUT2D eigenvalue weighted by Crippen LogP contribution is 2.18. The summed E-state index contributed by atoms with van der Waals surface area (Å²) < 4.78 is 25.9. The van der Waals surface area contributed by atoms with Crippen LogP contribution >= 0.6 is 0 Å². The van der Waals surface area contributed by atoms with E-state index in [1.165, 1.54) is 0 Å². The molecule has 1 aliphatic rings. The van der Waals surface area contributed by atoms with Crippen LogP contribution < -0.4 is 4.72 Å². The Morgan fingerprint density at radius 2 is 2.17 bits per heavy atom. The molecule has 1 amide bonds. The average Bonchev–Trinajstić information content (AvgIpc) is 2.29. The van der Waals surface area contributed by atoms with Gasteiger partial charge in [-0.05, 0) is 31.6 Å². The fourth-order valence-electron chi connectivity index (χ4n) is 2.26. The highest BCUT2D eigenvalue weighted by atomic mass is 32.2. The zero-order valence-electron chi connectivity index (χ0n) is 11.2. The van der Waals surface area contributed by atoms with Crippen LogP contribution in [0.25, 0.3) is 0 Å². The molecular formula is C13H23NO3S. The van der Waals surface area contributed by atoms with Gasteiger partial charge in [-0.2, -0.15) is 0 Å². The maximum Gasteiger partial charge on any atom is 0.236 e. The van der Waals surface area contributed by atoms with Gasteiger partial charge >= 0.3 is 0 Å². The molecule has 0 saturated carbocycles. The van der Waals surface area contributed by atoms with Crippen molar-refractivity contribution in [2.24, 2.45) is 11.8 Å². The largest absolute Gasteiger partial charge is 0.274 e. The van der Waals surface area contributed by atoms with Crippen molar-refractivity contribution in [3.05, 3.63) is 12.2 Å². The van der Waals surface area contributed by atoms with Gasteiger partial charge in [0.1, 0.15) is 0 Å². The third kappa shape index (κ3) is 5.21. The average molecular weight is 273 g/mol. The SMILES string of the molecule is CCC[C@@H](C)CS(=O)(=O)NC(=O)[C@H]1CC=CCC1. The summed E-state index contributed by atoms with van der Waals surface area (Å²) in [4.78, 5) is 11.8. The van der Waals surface area contributed by atoms with Crippen LogP contribution in [0.15, 0.2) is 12.2 Å². The topological polar surface area (TPSA) is 63.2 Å². The van der Waals surface area contributed by atoms with Crippen LogP contribution in [-0.2, 0) is 14.8 Å². The van der Waals surface area contributed by atoms with Gasteiger partial charge in [0.05, 0.1) is 5.75 Å². The number of allylic oxidation sites excluding steroid dienone is 2. The summed E-state index contributed by atoms with van der Waals surface area (Å²) in [5.41, 5.74) is 0. The summed E-state index contributed by atoms with van der Waals surface area (Å²) in [5, 5.41) is 0. The van der Waals surface area contributed by atoms with Gasteiger partial charge in [0.2, 0.25) is 15.9 Å². The van der Waals surface area contributed by atoms with Gasteiger partial charge in [-0.25, -0.2) is 8.42 Å². The lowest BCUT2D eigenvalue weighted by atomic mass is 9.94. The number of hydrogen-bond acceptors (Lipinski definition) is 3. The van der Waals surface area contributed by atoms with Gasteiger partial charge < -0.3 is 0 Å². The third-order valence-corrected chi connectivity index (χ3v) is 4.70. The monoisotopic (exact) mass is 273 g/mol. The van der Waals surface area contributed by atoms with Crippen molar-refractivity contribution in [2.75, 3.05) is 5.75 Å². The molecule has 0 spiro atoms. The summed E-state index contributed by atoms with van der Waals surface area (Å²) in [6.07, 6.45) is 8.03. The number of nitrogens with one attached hydrogen (secondary N) is 1. The summed E-state index contributed by atoms with van der Waals surface area (Å²) >= 11 is 0. The molecule has 0 bridgehead atoms. The highest BCUT2D eigenvalue weighted by molar-refractivity contribution is 7.90. The van der Waals surface area contributed by atoms with Crippen molar-refractivity contribution < 1.29 is 13.2 Å². The molecule has 2 atom stereocenters. The van der Waals surface area contributed by atoms with E-state index in [4.69, 9.17) is 0 Å². The number of carbonyl (C=O) groups excluding carboxylic acids is 1. The molecule has 0 fully saturated rings. The van der Waals surface area contributed by atoms with Gasteiger partial charge in [0.25, 0.3) is 0 Å². The highest BCUT2D eigenvalue weighted by Gasteiger charge is 2.24. The quantitative estimate of drug-likeness (QED) is 0.755. The molecule has 0 unspecified atom stereocenters. The summed E-state index contributed by atoms with van der Waals surface area (Å²) in [6, 6.07) is 0. The fraction of sp³-hybridized carbons (Fsp3) is 0.769. The van der Waals surface area contributed by atoms with Crippen molar-refractivity contribution in [2.45, 2.75) is 46.0 Å². The summed E-state index contributed by atoms with van der Waals surface area (Å²) in [5.74, 6) is -0.407. The number of rotatable bonds is 6. The zero-order valence-corrected chi connectivity index (χ0v) is 12.0. The van der Waals surface area contributed by atoms with Crippen molar-refractivity contribution in [3.8, 4) is 0 Å². The molecule has 5 heteroatoms. The summed E-state index contributed by atoms with van der Waals surface area (Å²) in [7, 11) is -3.48. The first kappa shape index (κ1) is 15.2. The first-order chi connectivity index (χ1) is 8.44. The van der Waals surface area contributed by atoms with Crippen molar-refractivity contribution in [3.63, 3.8) is 0 Å². The Bertz CT molecular complexity index is 400. The molecule has 18 heavy (non-hydrogen) atoms. The maximum absolute atomic E-state index is 11.8. The molecule has 0 radical (unpaired) electrons. The Kier molecular flexibility index (Phi) is 5.85. The molecule has 104 valence electrons. The molecule has 4 nitrogen and oxygen atoms in total. The third-order valence-electron chi connectivity index (χ3n) is 3.18. The zero-order chi connectivity index (χ0) is 13.6.